The average Bonchev–Trinajstić information content (AvgIpc) is 3.10. The second kappa shape index (κ2) is 9.39. The lowest BCUT2D eigenvalue weighted by atomic mass is 9.80. The maximum atomic E-state index is 12.8. The van der Waals surface area contributed by atoms with Crippen molar-refractivity contribution in [2.24, 2.45) is 5.41 Å². The van der Waals surface area contributed by atoms with E-state index in [1.54, 1.807) is 11.8 Å². The monoisotopic (exact) mass is 418 g/mol. The van der Waals surface area contributed by atoms with E-state index in [1.165, 1.54) is 0 Å². The van der Waals surface area contributed by atoms with Gasteiger partial charge in [-0.1, -0.05) is 40.1 Å². The van der Waals surface area contributed by atoms with Crippen molar-refractivity contribution in [1.29, 1.82) is 0 Å². The van der Waals surface area contributed by atoms with E-state index in [4.69, 9.17) is 11.6 Å². The predicted molar refractivity (Wildman–Crippen MR) is 109 cm³/mol. The normalized spacial score (nSPS) is 19.2. The average molecular weight is 419 g/mol. The molecule has 1 saturated heterocycles. The lowest BCUT2D eigenvalue weighted by molar-refractivity contribution is -0.140. The van der Waals surface area contributed by atoms with Crippen LogP contribution >= 0.6 is 11.6 Å². The van der Waals surface area contributed by atoms with Crippen LogP contribution in [0.25, 0.3) is 0 Å². The molecule has 1 aromatic heterocycles. The minimum absolute atomic E-state index is 0.00607. The lowest BCUT2D eigenvalue weighted by Gasteiger charge is -2.39. The summed E-state index contributed by atoms with van der Waals surface area (Å²) in [5.41, 5.74) is 1.66. The molecule has 1 aliphatic heterocycles. The Morgan fingerprint density at radius 2 is 2.10 bits per heavy atom. The van der Waals surface area contributed by atoms with E-state index >= 15 is 0 Å². The standard InChI is InChI=1S/C21H27ClN4O3/c1-15-18(25-29-24-15)13-19(27)26-12-6-10-21(2,14-26)20(28)23-11-5-8-16-7-3-4-9-17(16)22/h3-4,7,9H,5-6,8,10-14H2,1-2H3,(H,23,28). The van der Waals surface area contributed by atoms with Gasteiger partial charge in [-0.3, -0.25) is 9.59 Å². The minimum Gasteiger partial charge on any atom is -0.356 e. The van der Waals surface area contributed by atoms with Crippen molar-refractivity contribution in [3.63, 3.8) is 0 Å². The molecule has 0 radical (unpaired) electrons. The first-order chi connectivity index (χ1) is 13.9. The summed E-state index contributed by atoms with van der Waals surface area (Å²) in [7, 11) is 0. The number of likely N-dealkylation sites (tertiary alicyclic amines) is 1. The Morgan fingerprint density at radius 1 is 1.31 bits per heavy atom. The number of benzene rings is 1. The van der Waals surface area contributed by atoms with Gasteiger partial charge >= 0.3 is 0 Å². The number of carbonyl (C=O) groups excluding carboxylic acids is 2. The summed E-state index contributed by atoms with van der Waals surface area (Å²) in [5.74, 6) is -0.0605. The van der Waals surface area contributed by atoms with Crippen LogP contribution in [-0.2, 0) is 22.4 Å². The van der Waals surface area contributed by atoms with E-state index in [0.29, 0.717) is 31.0 Å². The molecule has 8 heteroatoms. The number of piperidine rings is 1. The number of amides is 2. The van der Waals surface area contributed by atoms with Gasteiger partial charge in [0, 0.05) is 24.7 Å². The molecule has 1 aliphatic rings. The fourth-order valence-corrected chi connectivity index (χ4v) is 3.93. The molecule has 7 nitrogen and oxygen atoms in total. The van der Waals surface area contributed by atoms with Gasteiger partial charge in [0.25, 0.3) is 0 Å². The van der Waals surface area contributed by atoms with Crippen molar-refractivity contribution in [2.45, 2.75) is 46.0 Å². The largest absolute Gasteiger partial charge is 0.356 e. The van der Waals surface area contributed by atoms with E-state index in [1.807, 2.05) is 31.2 Å². The van der Waals surface area contributed by atoms with Crippen LogP contribution in [-0.4, -0.2) is 46.7 Å². The Bertz CT molecular complexity index is 869. The van der Waals surface area contributed by atoms with Crippen molar-refractivity contribution in [3.8, 4) is 0 Å². The molecule has 0 aliphatic carbocycles. The number of nitrogens with zero attached hydrogens (tertiary/aromatic N) is 3. The molecule has 1 aromatic carbocycles. The molecule has 0 spiro atoms. The molecule has 1 unspecified atom stereocenters. The van der Waals surface area contributed by atoms with Crippen LogP contribution in [0.3, 0.4) is 0 Å². The van der Waals surface area contributed by atoms with Crippen molar-refractivity contribution in [2.75, 3.05) is 19.6 Å². The van der Waals surface area contributed by atoms with Gasteiger partial charge in [-0.05, 0) is 51.2 Å². The molecular formula is C21H27ClN4O3. The SMILES string of the molecule is Cc1nonc1CC(=O)N1CCCC(C)(C(=O)NCCCc2ccccc2Cl)C1. The van der Waals surface area contributed by atoms with Gasteiger partial charge in [-0.25, -0.2) is 4.63 Å². The Labute approximate surface area is 175 Å². The highest BCUT2D eigenvalue weighted by Gasteiger charge is 2.39. The van der Waals surface area contributed by atoms with Crippen molar-refractivity contribution in [1.82, 2.24) is 20.5 Å². The number of aryl methyl sites for hydroxylation is 2. The molecule has 1 N–H and O–H groups in total. The quantitative estimate of drug-likeness (QED) is 0.698. The number of rotatable bonds is 7. The third kappa shape index (κ3) is 5.35. The molecule has 0 saturated carbocycles. The zero-order chi connectivity index (χ0) is 20.9. The third-order valence-corrected chi connectivity index (χ3v) is 5.90. The smallest absolute Gasteiger partial charge is 0.228 e. The zero-order valence-corrected chi connectivity index (χ0v) is 17.7. The van der Waals surface area contributed by atoms with Crippen molar-refractivity contribution >= 4 is 23.4 Å². The highest BCUT2D eigenvalue weighted by atomic mass is 35.5. The summed E-state index contributed by atoms with van der Waals surface area (Å²) >= 11 is 6.18. The van der Waals surface area contributed by atoms with Crippen LogP contribution in [0.5, 0.6) is 0 Å². The molecule has 2 aromatic rings. The van der Waals surface area contributed by atoms with Gasteiger partial charge in [0.1, 0.15) is 11.4 Å². The molecule has 0 bridgehead atoms. The number of hydrogen-bond donors (Lipinski definition) is 1. The highest BCUT2D eigenvalue weighted by molar-refractivity contribution is 6.31. The van der Waals surface area contributed by atoms with Crippen LogP contribution in [0.2, 0.25) is 5.02 Å². The van der Waals surface area contributed by atoms with Crippen LogP contribution < -0.4 is 5.32 Å². The first-order valence-corrected chi connectivity index (χ1v) is 10.3. The van der Waals surface area contributed by atoms with Gasteiger partial charge in [-0.15, -0.1) is 0 Å². The van der Waals surface area contributed by atoms with Crippen molar-refractivity contribution in [3.05, 3.63) is 46.2 Å². The van der Waals surface area contributed by atoms with Crippen LogP contribution in [0.4, 0.5) is 0 Å². The Morgan fingerprint density at radius 3 is 2.83 bits per heavy atom. The lowest BCUT2D eigenvalue weighted by Crippen LogP contribution is -2.52. The summed E-state index contributed by atoms with van der Waals surface area (Å²) in [6.07, 6.45) is 3.33. The maximum absolute atomic E-state index is 12.8. The molecule has 2 heterocycles. The summed E-state index contributed by atoms with van der Waals surface area (Å²) < 4.78 is 4.66. The summed E-state index contributed by atoms with van der Waals surface area (Å²) in [6.45, 7) is 5.33. The van der Waals surface area contributed by atoms with E-state index in [9.17, 15) is 9.59 Å². The number of carbonyl (C=O) groups is 2. The number of halogens is 1. The molecule has 1 fully saturated rings. The number of nitrogens with one attached hydrogen (secondary N) is 1. The van der Waals surface area contributed by atoms with E-state index in [2.05, 4.69) is 20.3 Å². The van der Waals surface area contributed by atoms with Gasteiger partial charge < -0.3 is 10.2 Å². The van der Waals surface area contributed by atoms with Gasteiger partial charge in [0.15, 0.2) is 0 Å². The Kier molecular flexibility index (Phi) is 6.90. The molecule has 156 valence electrons. The molecule has 29 heavy (non-hydrogen) atoms. The van der Waals surface area contributed by atoms with E-state index < -0.39 is 5.41 Å². The first-order valence-electron chi connectivity index (χ1n) is 9.96. The topological polar surface area (TPSA) is 88.3 Å². The summed E-state index contributed by atoms with van der Waals surface area (Å²) in [6, 6.07) is 7.75. The molecule has 1 atom stereocenters. The van der Waals surface area contributed by atoms with Crippen LogP contribution in [0, 0.1) is 12.3 Å². The fourth-order valence-electron chi connectivity index (χ4n) is 3.70. The maximum Gasteiger partial charge on any atom is 0.228 e. The molecular weight excluding hydrogens is 392 g/mol. The van der Waals surface area contributed by atoms with Gasteiger partial charge in [0.05, 0.1) is 11.8 Å². The number of hydrogen-bond acceptors (Lipinski definition) is 5. The number of aromatic nitrogens is 2. The molecule has 3 rings (SSSR count). The zero-order valence-electron chi connectivity index (χ0n) is 16.9. The summed E-state index contributed by atoms with van der Waals surface area (Å²) in [4.78, 5) is 27.2. The summed E-state index contributed by atoms with van der Waals surface area (Å²) in [5, 5.41) is 11.3. The second-order valence-corrected chi connectivity index (χ2v) is 8.31. The van der Waals surface area contributed by atoms with Crippen LogP contribution in [0.1, 0.15) is 43.1 Å². The van der Waals surface area contributed by atoms with E-state index in [-0.39, 0.29) is 18.2 Å². The minimum atomic E-state index is -0.588. The predicted octanol–water partition coefficient (Wildman–Crippen LogP) is 2.95. The van der Waals surface area contributed by atoms with Crippen LogP contribution in [0.15, 0.2) is 28.9 Å². The Balaban J connectivity index is 1.49. The first kappa shape index (κ1) is 21.3. The third-order valence-electron chi connectivity index (χ3n) is 5.53. The Hall–Kier alpha value is -2.41. The molecule has 2 amide bonds. The van der Waals surface area contributed by atoms with Gasteiger partial charge in [0.2, 0.25) is 11.8 Å². The van der Waals surface area contributed by atoms with Crippen molar-refractivity contribution < 1.29 is 14.2 Å². The fraction of sp³-hybridized carbons (Fsp3) is 0.524. The van der Waals surface area contributed by atoms with Gasteiger partial charge in [-0.2, -0.15) is 0 Å². The highest BCUT2D eigenvalue weighted by Crippen LogP contribution is 2.30. The van der Waals surface area contributed by atoms with E-state index in [0.717, 1.165) is 36.3 Å². The second-order valence-electron chi connectivity index (χ2n) is 7.90.